The Morgan fingerprint density at radius 1 is 1.26 bits per heavy atom. The Morgan fingerprint density at radius 3 is 2.71 bits per heavy atom. The average Bonchev–Trinajstić information content (AvgIpc) is 3.27. The van der Waals surface area contributed by atoms with Gasteiger partial charge in [0.25, 0.3) is 0 Å². The lowest BCUT2D eigenvalue weighted by Crippen LogP contribution is -2.28. The number of hydrogen-bond donors (Lipinski definition) is 1. The highest BCUT2D eigenvalue weighted by Gasteiger charge is 2.32. The summed E-state index contributed by atoms with van der Waals surface area (Å²) in [4.78, 5) is 29.4. The molecule has 0 spiro atoms. The number of aryl methyl sites for hydroxylation is 1. The number of nitrogens with zero attached hydrogens (tertiary/aromatic N) is 5. The van der Waals surface area contributed by atoms with Crippen molar-refractivity contribution in [3.05, 3.63) is 53.6 Å². The van der Waals surface area contributed by atoms with E-state index in [1.807, 2.05) is 19.1 Å². The first-order chi connectivity index (χ1) is 14.7. The van der Waals surface area contributed by atoms with Crippen molar-refractivity contribution in [3.63, 3.8) is 0 Å². The first-order valence-electron chi connectivity index (χ1n) is 10.3. The van der Waals surface area contributed by atoms with Crippen molar-refractivity contribution >= 4 is 17.8 Å². The van der Waals surface area contributed by atoms with Gasteiger partial charge in [0, 0.05) is 24.4 Å². The van der Waals surface area contributed by atoms with Crippen LogP contribution in [0, 0.1) is 6.92 Å². The molecule has 0 bridgehead atoms. The number of anilines is 1. The van der Waals surface area contributed by atoms with Crippen LogP contribution in [0.15, 0.2) is 36.8 Å². The molecule has 1 saturated carbocycles. The number of nitrogens with one attached hydrogen (secondary N) is 1. The van der Waals surface area contributed by atoms with E-state index in [1.54, 1.807) is 50.1 Å². The molecule has 0 aliphatic heterocycles. The maximum absolute atomic E-state index is 12.6. The lowest BCUT2D eigenvalue weighted by Gasteiger charge is -2.19. The van der Waals surface area contributed by atoms with Gasteiger partial charge in [-0.15, -0.1) is 5.10 Å². The molecule has 3 aromatic rings. The largest absolute Gasteiger partial charge is 0.442 e. The third-order valence-corrected chi connectivity index (χ3v) is 4.70. The standard InChI is InChI=1S/C22H26N6O3/c1-14-7-8-23-19(9-14)27-13-15(12-24-27)10-20(29)25-18-11-17(16-5-6-16)28(26-18)21(30)31-22(2,3)4/h7-9,11-13,16H,5-6,10H2,1-4H3,(H,25,26,29). The molecule has 9 nitrogen and oxygen atoms in total. The molecule has 1 fully saturated rings. The van der Waals surface area contributed by atoms with Crippen LogP contribution < -0.4 is 5.32 Å². The number of hydrogen-bond acceptors (Lipinski definition) is 6. The van der Waals surface area contributed by atoms with Crippen molar-refractivity contribution in [1.29, 1.82) is 0 Å². The van der Waals surface area contributed by atoms with Gasteiger partial charge in [-0.25, -0.2) is 14.5 Å². The van der Waals surface area contributed by atoms with Crippen LogP contribution >= 0.6 is 0 Å². The van der Waals surface area contributed by atoms with Crippen molar-refractivity contribution < 1.29 is 14.3 Å². The van der Waals surface area contributed by atoms with Crippen LogP contribution in [-0.4, -0.2) is 42.1 Å². The van der Waals surface area contributed by atoms with Crippen LogP contribution in [0.2, 0.25) is 0 Å². The molecule has 3 heterocycles. The molecule has 0 radical (unpaired) electrons. The van der Waals surface area contributed by atoms with Gasteiger partial charge in [0.2, 0.25) is 5.91 Å². The van der Waals surface area contributed by atoms with Crippen LogP contribution in [0.4, 0.5) is 10.6 Å². The van der Waals surface area contributed by atoms with Crippen LogP contribution in [0.1, 0.15) is 56.4 Å². The predicted octanol–water partition coefficient (Wildman–Crippen LogP) is 3.61. The third-order valence-electron chi connectivity index (χ3n) is 4.70. The summed E-state index contributed by atoms with van der Waals surface area (Å²) in [6.45, 7) is 7.40. The second-order valence-corrected chi connectivity index (χ2v) is 8.83. The Labute approximate surface area is 180 Å². The summed E-state index contributed by atoms with van der Waals surface area (Å²) in [5.74, 6) is 1.06. The minimum absolute atomic E-state index is 0.129. The minimum atomic E-state index is -0.625. The number of carbonyl (C=O) groups excluding carboxylic acids is 2. The Morgan fingerprint density at radius 2 is 2.03 bits per heavy atom. The molecule has 3 aromatic heterocycles. The predicted molar refractivity (Wildman–Crippen MR) is 114 cm³/mol. The van der Waals surface area contributed by atoms with E-state index in [2.05, 4.69) is 20.5 Å². The van der Waals surface area contributed by atoms with E-state index >= 15 is 0 Å². The minimum Gasteiger partial charge on any atom is -0.442 e. The molecule has 1 amide bonds. The van der Waals surface area contributed by atoms with Gasteiger partial charge in [0.05, 0.1) is 18.3 Å². The van der Waals surface area contributed by atoms with E-state index in [0.717, 1.165) is 29.7 Å². The molecule has 0 aromatic carbocycles. The Balaban J connectivity index is 1.44. The van der Waals surface area contributed by atoms with Gasteiger partial charge in [0.15, 0.2) is 11.6 Å². The van der Waals surface area contributed by atoms with E-state index in [9.17, 15) is 9.59 Å². The maximum Gasteiger partial charge on any atom is 0.435 e. The van der Waals surface area contributed by atoms with Crippen molar-refractivity contribution in [2.75, 3.05) is 5.32 Å². The molecule has 9 heteroatoms. The van der Waals surface area contributed by atoms with Crippen LogP contribution in [0.25, 0.3) is 5.82 Å². The second-order valence-electron chi connectivity index (χ2n) is 8.83. The summed E-state index contributed by atoms with van der Waals surface area (Å²) in [5.41, 5.74) is 1.96. The van der Waals surface area contributed by atoms with Gasteiger partial charge in [-0.1, -0.05) is 0 Å². The summed E-state index contributed by atoms with van der Waals surface area (Å²) in [5, 5.41) is 11.3. The molecule has 1 N–H and O–H groups in total. The van der Waals surface area contributed by atoms with Crippen molar-refractivity contribution in [3.8, 4) is 5.82 Å². The topological polar surface area (TPSA) is 104 Å². The first-order valence-corrected chi connectivity index (χ1v) is 10.3. The van der Waals surface area contributed by atoms with E-state index < -0.39 is 11.7 Å². The molecule has 162 valence electrons. The van der Waals surface area contributed by atoms with Gasteiger partial charge in [-0.2, -0.15) is 9.78 Å². The van der Waals surface area contributed by atoms with Crippen LogP contribution in [0.5, 0.6) is 0 Å². The zero-order valence-corrected chi connectivity index (χ0v) is 18.1. The second kappa shape index (κ2) is 7.98. The van der Waals surface area contributed by atoms with E-state index in [4.69, 9.17) is 4.74 Å². The molecule has 1 aliphatic rings. The molecule has 0 atom stereocenters. The Kier molecular flexibility index (Phi) is 5.34. The quantitative estimate of drug-likeness (QED) is 0.674. The summed E-state index contributed by atoms with van der Waals surface area (Å²) in [7, 11) is 0. The molecule has 31 heavy (non-hydrogen) atoms. The van der Waals surface area contributed by atoms with Gasteiger partial charge >= 0.3 is 6.09 Å². The van der Waals surface area contributed by atoms with E-state index in [-0.39, 0.29) is 18.2 Å². The van der Waals surface area contributed by atoms with E-state index in [1.165, 1.54) is 4.68 Å². The zero-order chi connectivity index (χ0) is 22.2. The highest BCUT2D eigenvalue weighted by Crippen LogP contribution is 2.41. The molecular formula is C22H26N6O3. The number of amides is 1. The van der Waals surface area contributed by atoms with Crippen molar-refractivity contribution in [2.24, 2.45) is 0 Å². The number of carbonyl (C=O) groups is 2. The number of rotatable bonds is 5. The summed E-state index contributed by atoms with van der Waals surface area (Å²) in [6, 6.07) is 5.58. The molecule has 4 rings (SSSR count). The number of aromatic nitrogens is 5. The zero-order valence-electron chi connectivity index (χ0n) is 18.1. The normalized spacial score (nSPS) is 13.8. The fourth-order valence-electron chi connectivity index (χ4n) is 3.17. The highest BCUT2D eigenvalue weighted by molar-refractivity contribution is 5.91. The van der Waals surface area contributed by atoms with Crippen molar-refractivity contribution in [1.82, 2.24) is 24.5 Å². The summed E-state index contributed by atoms with van der Waals surface area (Å²) < 4.78 is 8.34. The maximum atomic E-state index is 12.6. The molecule has 0 unspecified atom stereocenters. The fourth-order valence-corrected chi connectivity index (χ4v) is 3.17. The Hall–Kier alpha value is -3.49. The monoisotopic (exact) mass is 422 g/mol. The fraction of sp³-hybridized carbons (Fsp3) is 0.409. The third kappa shape index (κ3) is 5.17. The summed E-state index contributed by atoms with van der Waals surface area (Å²) in [6.07, 6.45) is 6.71. The van der Waals surface area contributed by atoms with Gasteiger partial charge in [-0.3, -0.25) is 4.79 Å². The molecular weight excluding hydrogens is 396 g/mol. The smallest absolute Gasteiger partial charge is 0.435 e. The average molecular weight is 422 g/mol. The van der Waals surface area contributed by atoms with E-state index in [0.29, 0.717) is 11.6 Å². The highest BCUT2D eigenvalue weighted by atomic mass is 16.6. The number of pyridine rings is 1. The SMILES string of the molecule is Cc1ccnc(-n2cc(CC(=O)Nc3cc(C4CC4)n(C(=O)OC(C)(C)C)n3)cn2)c1. The van der Waals surface area contributed by atoms with Gasteiger partial charge in [0.1, 0.15) is 5.60 Å². The summed E-state index contributed by atoms with van der Waals surface area (Å²) >= 11 is 0. The van der Waals surface area contributed by atoms with Crippen LogP contribution in [-0.2, 0) is 16.0 Å². The Bertz CT molecular complexity index is 1120. The van der Waals surface area contributed by atoms with Gasteiger partial charge < -0.3 is 10.1 Å². The molecule has 1 aliphatic carbocycles. The lowest BCUT2D eigenvalue weighted by atomic mass is 10.2. The van der Waals surface area contributed by atoms with Gasteiger partial charge in [-0.05, 0) is 63.8 Å². The number of ether oxygens (including phenoxy) is 1. The first kappa shape index (κ1) is 20.8. The van der Waals surface area contributed by atoms with Crippen molar-refractivity contribution in [2.45, 2.75) is 58.5 Å². The lowest BCUT2D eigenvalue weighted by molar-refractivity contribution is -0.115. The molecule has 0 saturated heterocycles. The van der Waals surface area contributed by atoms with Crippen LogP contribution in [0.3, 0.4) is 0 Å².